The summed E-state index contributed by atoms with van der Waals surface area (Å²) in [5.74, 6) is -0.697. The first kappa shape index (κ1) is 18.7. The van der Waals surface area contributed by atoms with E-state index in [1.54, 1.807) is 19.1 Å². The number of anilines is 2. The number of ether oxygens (including phenoxy) is 1. The summed E-state index contributed by atoms with van der Waals surface area (Å²) in [5.41, 5.74) is 2.45. The molecule has 0 atom stereocenters. The lowest BCUT2D eigenvalue weighted by Gasteiger charge is -2.07. The lowest BCUT2D eigenvalue weighted by atomic mass is 10.2. The first-order valence-corrected chi connectivity index (χ1v) is 8.42. The van der Waals surface area contributed by atoms with Crippen molar-refractivity contribution < 1.29 is 14.5 Å². The molecule has 0 unspecified atom stereocenters. The summed E-state index contributed by atoms with van der Waals surface area (Å²) < 4.78 is 4.92. The molecule has 0 aliphatic carbocycles. The third kappa shape index (κ3) is 3.83. The summed E-state index contributed by atoms with van der Waals surface area (Å²) in [7, 11) is 0. The van der Waals surface area contributed by atoms with Gasteiger partial charge in [-0.3, -0.25) is 14.9 Å². The highest BCUT2D eigenvalue weighted by molar-refractivity contribution is 6.02. The van der Waals surface area contributed by atoms with E-state index in [0.717, 1.165) is 10.9 Å². The van der Waals surface area contributed by atoms with Gasteiger partial charge in [0.05, 0.1) is 29.5 Å². The maximum Gasteiger partial charge on any atom is 0.336 e. The average Bonchev–Trinajstić information content (AvgIpc) is 3.04. The zero-order valence-corrected chi connectivity index (χ0v) is 14.9. The smallest absolute Gasteiger partial charge is 0.336 e. The first-order valence-electron chi connectivity index (χ1n) is 8.42. The molecule has 3 aromatic rings. The number of para-hydroxylation sites is 1. The summed E-state index contributed by atoms with van der Waals surface area (Å²) in [6.45, 7) is 9.11. The van der Waals surface area contributed by atoms with Crippen LogP contribution in [0.25, 0.3) is 21.8 Å². The molecule has 0 aliphatic rings. The highest BCUT2D eigenvalue weighted by Gasteiger charge is 2.16. The second-order valence-electron chi connectivity index (χ2n) is 5.75. The van der Waals surface area contributed by atoms with Crippen LogP contribution >= 0.6 is 0 Å². The molecule has 28 heavy (non-hydrogen) atoms. The molecular formula is C20H16N4O4. The van der Waals surface area contributed by atoms with Crippen LogP contribution < -0.4 is 5.32 Å². The lowest BCUT2D eigenvalue weighted by Crippen LogP contribution is -2.05. The minimum absolute atomic E-state index is 0.0119. The number of carbonyl (C=O) groups is 1. The molecule has 2 aromatic carbocycles. The van der Waals surface area contributed by atoms with Gasteiger partial charge in [-0.2, -0.15) is 0 Å². The van der Waals surface area contributed by atoms with E-state index in [0.29, 0.717) is 17.1 Å². The maximum absolute atomic E-state index is 12.0. The molecule has 1 aromatic heterocycles. The van der Waals surface area contributed by atoms with E-state index in [2.05, 4.69) is 15.1 Å². The predicted molar refractivity (Wildman–Crippen MR) is 106 cm³/mol. The van der Waals surface area contributed by atoms with Crippen LogP contribution in [0.2, 0.25) is 0 Å². The number of aromatic nitrogens is 1. The second-order valence-corrected chi connectivity index (χ2v) is 5.75. The Morgan fingerprint density at radius 3 is 2.64 bits per heavy atom. The van der Waals surface area contributed by atoms with E-state index in [-0.39, 0.29) is 18.0 Å². The summed E-state index contributed by atoms with van der Waals surface area (Å²) in [5, 5.41) is 14.9. The van der Waals surface area contributed by atoms with Crippen LogP contribution in [0.4, 0.5) is 17.1 Å². The molecule has 3 rings (SSSR count). The van der Waals surface area contributed by atoms with Gasteiger partial charge in [0.15, 0.2) is 0 Å². The number of fused-ring (bicyclic) bond motifs is 1. The van der Waals surface area contributed by atoms with E-state index < -0.39 is 10.9 Å². The molecular weight excluding hydrogens is 360 g/mol. The van der Waals surface area contributed by atoms with Gasteiger partial charge in [0.25, 0.3) is 11.4 Å². The number of rotatable bonds is 6. The zero-order valence-electron chi connectivity index (χ0n) is 14.9. The number of aromatic amines is 1. The van der Waals surface area contributed by atoms with Crippen LogP contribution in [0.1, 0.15) is 12.6 Å². The zero-order chi connectivity index (χ0) is 20.1. The largest absolute Gasteiger partial charge is 0.471 e. The molecule has 1 heterocycles. The number of hydrogen-bond donors (Lipinski definition) is 2. The highest BCUT2D eigenvalue weighted by Crippen LogP contribution is 2.32. The van der Waals surface area contributed by atoms with E-state index in [9.17, 15) is 14.9 Å². The van der Waals surface area contributed by atoms with Crippen molar-refractivity contribution in [1.82, 2.24) is 4.98 Å². The lowest BCUT2D eigenvalue weighted by molar-refractivity contribution is -0.384. The van der Waals surface area contributed by atoms with Crippen LogP contribution in [0.3, 0.4) is 0 Å². The van der Waals surface area contributed by atoms with Crippen molar-refractivity contribution in [1.29, 1.82) is 0 Å². The van der Waals surface area contributed by atoms with Crippen molar-refractivity contribution in [3.8, 4) is 0 Å². The number of H-pyrrole nitrogens is 1. The normalized spacial score (nSPS) is 11.1. The Morgan fingerprint density at radius 2 is 2.00 bits per heavy atom. The molecule has 0 bridgehead atoms. The van der Waals surface area contributed by atoms with Crippen molar-refractivity contribution in [3.05, 3.63) is 81.5 Å². The molecule has 0 fully saturated rings. The van der Waals surface area contributed by atoms with Crippen LogP contribution in [0.15, 0.2) is 54.2 Å². The van der Waals surface area contributed by atoms with E-state index in [1.165, 1.54) is 18.2 Å². The number of nitrogens with one attached hydrogen (secondary N) is 2. The van der Waals surface area contributed by atoms with Gasteiger partial charge in [0.1, 0.15) is 0 Å². The Morgan fingerprint density at radius 1 is 1.29 bits per heavy atom. The Bertz CT molecular complexity index is 1110. The molecule has 0 radical (unpaired) electrons. The number of nitro groups is 1. The van der Waals surface area contributed by atoms with Gasteiger partial charge in [-0.1, -0.05) is 18.2 Å². The van der Waals surface area contributed by atoms with Crippen molar-refractivity contribution in [2.45, 2.75) is 6.92 Å². The fourth-order valence-corrected chi connectivity index (χ4v) is 2.70. The molecule has 0 saturated carbocycles. The minimum atomic E-state index is -0.697. The quantitative estimate of drug-likeness (QED) is 0.214. The molecule has 2 N–H and O–H groups in total. The minimum Gasteiger partial charge on any atom is -0.471 e. The maximum atomic E-state index is 12.0. The van der Waals surface area contributed by atoms with Gasteiger partial charge < -0.3 is 15.0 Å². The molecule has 8 nitrogen and oxygen atoms in total. The summed E-state index contributed by atoms with van der Waals surface area (Å²) in [6.07, 6.45) is 1.43. The van der Waals surface area contributed by atoms with Gasteiger partial charge in [0, 0.05) is 28.7 Å². The fraction of sp³-hybridized carbons (Fsp3) is 0.100. The molecule has 0 aliphatic heterocycles. The van der Waals surface area contributed by atoms with E-state index in [1.807, 2.05) is 24.3 Å². The standard InChI is InChI=1S/C20H16N4O4/c1-3-28-20(25)18(21-2)12-17-19(15-6-4-5-7-16(15)23-17)22-13-8-10-14(11-9-13)24(26)27/h4-12,22-23H,3H2,1H3. The number of esters is 1. The molecule has 0 amide bonds. The number of carbonyl (C=O) groups excluding carboxylic acids is 1. The molecule has 8 heteroatoms. The van der Waals surface area contributed by atoms with Gasteiger partial charge in [-0.15, -0.1) is 0 Å². The molecule has 0 spiro atoms. The number of benzene rings is 2. The third-order valence-corrected chi connectivity index (χ3v) is 3.97. The van der Waals surface area contributed by atoms with Crippen LogP contribution in [0.5, 0.6) is 0 Å². The van der Waals surface area contributed by atoms with Gasteiger partial charge in [-0.05, 0) is 31.2 Å². The van der Waals surface area contributed by atoms with Crippen molar-refractivity contribution in [2.24, 2.45) is 0 Å². The molecule has 140 valence electrons. The van der Waals surface area contributed by atoms with Gasteiger partial charge in [0.2, 0.25) is 0 Å². The van der Waals surface area contributed by atoms with Gasteiger partial charge in [-0.25, -0.2) is 4.85 Å². The van der Waals surface area contributed by atoms with Crippen molar-refractivity contribution in [2.75, 3.05) is 11.9 Å². The van der Waals surface area contributed by atoms with Crippen LogP contribution in [-0.4, -0.2) is 22.5 Å². The Balaban J connectivity index is 2.05. The molecule has 0 saturated heterocycles. The Kier molecular flexibility index (Phi) is 5.37. The number of nitrogens with zero attached hydrogens (tertiary/aromatic N) is 2. The van der Waals surface area contributed by atoms with Gasteiger partial charge >= 0.3 is 5.97 Å². The van der Waals surface area contributed by atoms with Crippen LogP contribution in [-0.2, 0) is 9.53 Å². The summed E-state index contributed by atoms with van der Waals surface area (Å²) in [6, 6.07) is 13.5. The SMILES string of the molecule is [C-]#[N+]C(=Cc1[nH]c2ccccc2c1Nc1ccc([N+](=O)[O-])cc1)C(=O)OCC. The van der Waals surface area contributed by atoms with E-state index >= 15 is 0 Å². The summed E-state index contributed by atoms with van der Waals surface area (Å²) in [4.78, 5) is 28.8. The number of non-ortho nitro benzene ring substituents is 1. The Hall–Kier alpha value is -4.12. The number of hydrogen-bond acceptors (Lipinski definition) is 5. The predicted octanol–water partition coefficient (Wildman–Crippen LogP) is 4.64. The highest BCUT2D eigenvalue weighted by atomic mass is 16.6. The van der Waals surface area contributed by atoms with Crippen LogP contribution in [0, 0.1) is 16.7 Å². The van der Waals surface area contributed by atoms with Crippen molar-refractivity contribution >= 4 is 40.0 Å². The van der Waals surface area contributed by atoms with Crippen molar-refractivity contribution in [3.63, 3.8) is 0 Å². The fourth-order valence-electron chi connectivity index (χ4n) is 2.70. The summed E-state index contributed by atoms with van der Waals surface area (Å²) >= 11 is 0. The average molecular weight is 376 g/mol. The first-order chi connectivity index (χ1) is 13.5. The topological polar surface area (TPSA) is 102 Å². The monoisotopic (exact) mass is 376 g/mol. The third-order valence-electron chi connectivity index (χ3n) is 3.97. The van der Waals surface area contributed by atoms with E-state index in [4.69, 9.17) is 11.3 Å². The Labute approximate surface area is 160 Å². The number of nitro benzene ring substituents is 1. The second kappa shape index (κ2) is 8.05.